The van der Waals surface area contributed by atoms with Gasteiger partial charge in [-0.1, -0.05) is 0 Å². The second-order valence-electron chi connectivity index (χ2n) is 3.17. The summed E-state index contributed by atoms with van der Waals surface area (Å²) in [6.45, 7) is 1.91. The minimum atomic E-state index is -1.23. The number of carbonyl (C=O) groups is 1. The van der Waals surface area contributed by atoms with Gasteiger partial charge in [-0.15, -0.1) is 0 Å². The molecule has 80 valence electrons. The molecule has 0 bridgehead atoms. The summed E-state index contributed by atoms with van der Waals surface area (Å²) in [7, 11) is 0. The Hall–Kier alpha value is -0.910. The van der Waals surface area contributed by atoms with Gasteiger partial charge in [-0.3, -0.25) is 0 Å². The Labute approximate surface area is 81.6 Å². The van der Waals surface area contributed by atoms with E-state index in [1.165, 1.54) is 6.08 Å². The monoisotopic (exact) mass is 202 g/mol. The lowest BCUT2D eigenvalue weighted by Crippen LogP contribution is -2.41. The molecule has 0 aromatic carbocycles. The predicted octanol–water partition coefficient (Wildman–Crippen LogP) is -1.04. The van der Waals surface area contributed by atoms with Crippen molar-refractivity contribution in [3.8, 4) is 0 Å². The first-order chi connectivity index (χ1) is 6.56. The summed E-state index contributed by atoms with van der Waals surface area (Å²) >= 11 is 0. The summed E-state index contributed by atoms with van der Waals surface area (Å²) in [4.78, 5) is 11.2. The van der Waals surface area contributed by atoms with Crippen LogP contribution in [-0.4, -0.2) is 46.2 Å². The van der Waals surface area contributed by atoms with Crippen LogP contribution in [0.15, 0.2) is 11.6 Å². The molecule has 0 radical (unpaired) electrons. The van der Waals surface area contributed by atoms with Crippen molar-refractivity contribution in [3.05, 3.63) is 11.6 Å². The summed E-state index contributed by atoms with van der Waals surface area (Å²) in [6, 6.07) is 0. The molecule has 0 saturated carbocycles. The smallest absolute Gasteiger partial charge is 0.333 e. The van der Waals surface area contributed by atoms with E-state index in [9.17, 15) is 20.1 Å². The average Bonchev–Trinajstić information content (AvgIpc) is 2.13. The zero-order valence-electron chi connectivity index (χ0n) is 7.88. The van der Waals surface area contributed by atoms with Crippen LogP contribution < -0.4 is 0 Å². The normalized spacial score (nSPS) is 32.3. The van der Waals surface area contributed by atoms with E-state index in [0.717, 1.165) is 0 Å². The Bertz CT molecular complexity index is 248. The third-order valence-corrected chi connectivity index (χ3v) is 2.08. The van der Waals surface area contributed by atoms with Gasteiger partial charge in [0.15, 0.2) is 0 Å². The zero-order chi connectivity index (χ0) is 10.7. The predicted molar refractivity (Wildman–Crippen MR) is 47.4 cm³/mol. The first kappa shape index (κ1) is 11.2. The van der Waals surface area contributed by atoms with E-state index in [-0.39, 0.29) is 18.6 Å². The molecule has 5 heteroatoms. The molecule has 5 nitrogen and oxygen atoms in total. The Kier molecular flexibility index (Phi) is 3.62. The van der Waals surface area contributed by atoms with Gasteiger partial charge in [0.1, 0.15) is 12.2 Å². The van der Waals surface area contributed by atoms with E-state index >= 15 is 0 Å². The van der Waals surface area contributed by atoms with E-state index < -0.39 is 24.3 Å². The topological polar surface area (TPSA) is 87.0 Å². The second kappa shape index (κ2) is 4.54. The highest BCUT2D eigenvalue weighted by Crippen LogP contribution is 2.20. The summed E-state index contributed by atoms with van der Waals surface area (Å²) in [5.74, 6) is -0.558. The quantitative estimate of drug-likeness (QED) is 0.498. The minimum Gasteiger partial charge on any atom is -0.463 e. The molecule has 0 fully saturated rings. The molecule has 0 unspecified atom stereocenters. The zero-order valence-corrected chi connectivity index (χ0v) is 7.88. The molecule has 1 aliphatic carbocycles. The summed E-state index contributed by atoms with van der Waals surface area (Å²) in [5, 5.41) is 27.7. The number of esters is 1. The fourth-order valence-corrected chi connectivity index (χ4v) is 1.32. The molecular weight excluding hydrogens is 188 g/mol. The fraction of sp³-hybridized carbons (Fsp3) is 0.667. The summed E-state index contributed by atoms with van der Waals surface area (Å²) in [5.41, 5.74) is 0.206. The molecule has 0 heterocycles. The van der Waals surface area contributed by atoms with Gasteiger partial charge in [-0.05, 0) is 13.0 Å². The lowest BCUT2D eigenvalue weighted by atomic mass is 9.92. The van der Waals surface area contributed by atoms with E-state index in [1.807, 2.05) is 0 Å². The van der Waals surface area contributed by atoms with Crippen molar-refractivity contribution >= 4 is 5.97 Å². The van der Waals surface area contributed by atoms with Gasteiger partial charge >= 0.3 is 5.97 Å². The summed E-state index contributed by atoms with van der Waals surface area (Å²) in [6.07, 6.45) is -2.33. The molecule has 0 saturated heterocycles. The van der Waals surface area contributed by atoms with E-state index in [1.54, 1.807) is 6.92 Å². The number of rotatable bonds is 2. The van der Waals surface area contributed by atoms with E-state index in [0.29, 0.717) is 0 Å². The van der Waals surface area contributed by atoms with Gasteiger partial charge in [0.2, 0.25) is 0 Å². The van der Waals surface area contributed by atoms with Crippen molar-refractivity contribution in [2.24, 2.45) is 0 Å². The molecule has 1 aliphatic rings. The number of aliphatic hydroxyl groups excluding tert-OH is 3. The van der Waals surface area contributed by atoms with Crippen LogP contribution in [0.1, 0.15) is 13.3 Å². The van der Waals surface area contributed by atoms with Crippen LogP contribution in [0.2, 0.25) is 0 Å². The van der Waals surface area contributed by atoms with Crippen molar-refractivity contribution in [2.45, 2.75) is 31.7 Å². The Morgan fingerprint density at radius 3 is 2.71 bits per heavy atom. The number of aliphatic hydroxyl groups is 3. The number of ether oxygens (including phenoxy) is 1. The Morgan fingerprint density at radius 1 is 1.57 bits per heavy atom. The van der Waals surface area contributed by atoms with Gasteiger partial charge in [-0.2, -0.15) is 0 Å². The van der Waals surface area contributed by atoms with Gasteiger partial charge < -0.3 is 20.1 Å². The number of hydrogen-bond acceptors (Lipinski definition) is 5. The SMILES string of the molecule is CCOC(=O)C1=C[C@@H](O)[C@@H](O)[C@@H](O)C1. The third-order valence-electron chi connectivity index (χ3n) is 2.08. The van der Waals surface area contributed by atoms with Gasteiger partial charge in [0, 0.05) is 12.0 Å². The van der Waals surface area contributed by atoms with Crippen LogP contribution in [-0.2, 0) is 9.53 Å². The maximum atomic E-state index is 11.2. The first-order valence-electron chi connectivity index (χ1n) is 4.48. The molecule has 0 aromatic rings. The molecule has 0 amide bonds. The average molecular weight is 202 g/mol. The van der Waals surface area contributed by atoms with Crippen LogP contribution in [0.5, 0.6) is 0 Å². The maximum Gasteiger partial charge on any atom is 0.333 e. The Morgan fingerprint density at radius 2 is 2.21 bits per heavy atom. The van der Waals surface area contributed by atoms with E-state index in [2.05, 4.69) is 0 Å². The van der Waals surface area contributed by atoms with Crippen molar-refractivity contribution in [3.63, 3.8) is 0 Å². The van der Waals surface area contributed by atoms with Crippen molar-refractivity contribution < 1.29 is 24.9 Å². The van der Waals surface area contributed by atoms with Gasteiger partial charge in [0.25, 0.3) is 0 Å². The van der Waals surface area contributed by atoms with Gasteiger partial charge in [-0.25, -0.2) is 4.79 Å². The molecule has 1 rings (SSSR count). The third kappa shape index (κ3) is 2.31. The van der Waals surface area contributed by atoms with Crippen LogP contribution >= 0.6 is 0 Å². The fourth-order valence-electron chi connectivity index (χ4n) is 1.32. The lowest BCUT2D eigenvalue weighted by Gasteiger charge is -2.26. The highest BCUT2D eigenvalue weighted by atomic mass is 16.5. The van der Waals surface area contributed by atoms with Crippen LogP contribution in [0.25, 0.3) is 0 Å². The summed E-state index contributed by atoms with van der Waals surface area (Å²) < 4.78 is 4.70. The highest BCUT2D eigenvalue weighted by Gasteiger charge is 2.31. The standard InChI is InChI=1S/C9H14O5/c1-2-14-9(13)5-3-6(10)8(12)7(11)4-5/h3,6-8,10-12H,2,4H2,1H3/t6-,7+,8-/m1/s1. The molecule has 0 aromatic heterocycles. The maximum absolute atomic E-state index is 11.2. The largest absolute Gasteiger partial charge is 0.463 e. The molecular formula is C9H14O5. The second-order valence-corrected chi connectivity index (χ2v) is 3.17. The highest BCUT2D eigenvalue weighted by molar-refractivity contribution is 5.88. The Balaban J connectivity index is 2.71. The molecule has 0 spiro atoms. The minimum absolute atomic E-state index is 0.0110. The van der Waals surface area contributed by atoms with Crippen molar-refractivity contribution in [1.82, 2.24) is 0 Å². The first-order valence-corrected chi connectivity index (χ1v) is 4.48. The molecule has 3 atom stereocenters. The van der Waals surface area contributed by atoms with Crippen LogP contribution in [0.3, 0.4) is 0 Å². The number of hydrogen-bond donors (Lipinski definition) is 3. The van der Waals surface area contributed by atoms with Crippen LogP contribution in [0.4, 0.5) is 0 Å². The number of carbonyl (C=O) groups excluding carboxylic acids is 1. The molecule has 0 aliphatic heterocycles. The van der Waals surface area contributed by atoms with Crippen molar-refractivity contribution in [1.29, 1.82) is 0 Å². The molecule has 3 N–H and O–H groups in total. The molecule has 14 heavy (non-hydrogen) atoms. The van der Waals surface area contributed by atoms with Crippen LogP contribution in [0, 0.1) is 0 Å². The lowest BCUT2D eigenvalue weighted by molar-refractivity contribution is -0.140. The van der Waals surface area contributed by atoms with Crippen molar-refractivity contribution in [2.75, 3.05) is 6.61 Å². The van der Waals surface area contributed by atoms with Gasteiger partial charge in [0.05, 0.1) is 12.7 Å². The van der Waals surface area contributed by atoms with E-state index in [4.69, 9.17) is 4.74 Å².